The summed E-state index contributed by atoms with van der Waals surface area (Å²) in [5.41, 5.74) is 6.37. The average molecular weight is 300 g/mol. The number of hydrogen-bond acceptors (Lipinski definition) is 4. The van der Waals surface area contributed by atoms with Crippen LogP contribution in [-0.4, -0.2) is 19.0 Å². The maximum atomic E-state index is 7.64. The lowest BCUT2D eigenvalue weighted by molar-refractivity contribution is 0.297. The van der Waals surface area contributed by atoms with Crippen molar-refractivity contribution >= 4 is 17.6 Å². The minimum absolute atomic E-state index is 0.0763. The molecule has 1 heterocycles. The van der Waals surface area contributed by atoms with Gasteiger partial charge in [0, 0.05) is 21.8 Å². The van der Waals surface area contributed by atoms with Gasteiger partial charge in [0.15, 0.2) is 11.5 Å². The smallest absolute Gasteiger partial charge is 0.162 e. The molecule has 0 amide bonds. The first-order valence-electron chi connectivity index (χ1n) is 6.75. The molecule has 1 aliphatic rings. The molecule has 0 spiro atoms. The highest BCUT2D eigenvalue weighted by molar-refractivity contribution is 7.99. The lowest BCUT2D eigenvalue weighted by Crippen LogP contribution is -2.11. The molecule has 108 valence electrons. The van der Waals surface area contributed by atoms with Gasteiger partial charge in [-0.25, -0.2) is 0 Å². The fourth-order valence-corrected chi connectivity index (χ4v) is 3.10. The van der Waals surface area contributed by atoms with Crippen LogP contribution in [0.2, 0.25) is 0 Å². The van der Waals surface area contributed by atoms with Crippen molar-refractivity contribution in [3.8, 4) is 11.5 Å². The van der Waals surface area contributed by atoms with Crippen LogP contribution in [-0.2, 0) is 0 Å². The molecular formula is C16H16N2O2S. The van der Waals surface area contributed by atoms with E-state index in [2.05, 4.69) is 0 Å². The van der Waals surface area contributed by atoms with Crippen molar-refractivity contribution in [2.24, 2.45) is 5.73 Å². The average Bonchev–Trinajstić information content (AvgIpc) is 2.72. The van der Waals surface area contributed by atoms with E-state index in [4.69, 9.17) is 20.6 Å². The predicted octanol–water partition coefficient (Wildman–Crippen LogP) is 3.28. The number of fused-ring (bicyclic) bond motifs is 1. The molecule has 0 atom stereocenters. The number of ether oxygens (including phenoxy) is 2. The summed E-state index contributed by atoms with van der Waals surface area (Å²) in [5.74, 6) is 1.64. The maximum Gasteiger partial charge on any atom is 0.162 e. The molecule has 0 radical (unpaired) electrons. The molecule has 3 rings (SSSR count). The van der Waals surface area contributed by atoms with Crippen molar-refractivity contribution in [2.45, 2.75) is 16.2 Å². The van der Waals surface area contributed by atoms with E-state index in [0.29, 0.717) is 13.2 Å². The SMILES string of the molecule is N=C(N)c1ccccc1Sc1ccc2c(c1)OCCCO2. The van der Waals surface area contributed by atoms with E-state index in [1.165, 1.54) is 0 Å². The molecule has 2 aromatic carbocycles. The van der Waals surface area contributed by atoms with Gasteiger partial charge in [0.2, 0.25) is 0 Å². The van der Waals surface area contributed by atoms with Crippen molar-refractivity contribution in [2.75, 3.05) is 13.2 Å². The molecule has 4 nitrogen and oxygen atoms in total. The van der Waals surface area contributed by atoms with Gasteiger partial charge >= 0.3 is 0 Å². The van der Waals surface area contributed by atoms with Gasteiger partial charge in [-0.15, -0.1) is 0 Å². The van der Waals surface area contributed by atoms with E-state index in [1.807, 2.05) is 42.5 Å². The Morgan fingerprint density at radius 3 is 2.62 bits per heavy atom. The van der Waals surface area contributed by atoms with E-state index in [-0.39, 0.29) is 5.84 Å². The molecule has 0 aliphatic carbocycles. The molecule has 0 aromatic heterocycles. The fourth-order valence-electron chi connectivity index (χ4n) is 2.11. The molecule has 0 saturated heterocycles. The van der Waals surface area contributed by atoms with Crippen LogP contribution in [0.3, 0.4) is 0 Å². The van der Waals surface area contributed by atoms with Crippen LogP contribution in [0, 0.1) is 5.41 Å². The maximum absolute atomic E-state index is 7.64. The third-order valence-electron chi connectivity index (χ3n) is 3.12. The Hall–Kier alpha value is -2.14. The standard InChI is InChI=1S/C16H16N2O2S/c17-16(18)12-4-1-2-5-15(12)21-11-6-7-13-14(10-11)20-9-3-8-19-13/h1-2,4-7,10H,3,8-9H2,(H3,17,18). The molecule has 0 unspecified atom stereocenters. The Kier molecular flexibility index (Phi) is 4.01. The zero-order chi connectivity index (χ0) is 14.7. The van der Waals surface area contributed by atoms with E-state index in [1.54, 1.807) is 11.8 Å². The summed E-state index contributed by atoms with van der Waals surface area (Å²) in [4.78, 5) is 1.99. The summed E-state index contributed by atoms with van der Waals surface area (Å²) in [6, 6.07) is 13.5. The lowest BCUT2D eigenvalue weighted by Gasteiger charge is -2.11. The zero-order valence-electron chi connectivity index (χ0n) is 11.5. The van der Waals surface area contributed by atoms with Gasteiger partial charge in [0.25, 0.3) is 0 Å². The molecular weight excluding hydrogens is 284 g/mol. The summed E-state index contributed by atoms with van der Waals surface area (Å²) in [6.07, 6.45) is 0.893. The summed E-state index contributed by atoms with van der Waals surface area (Å²) in [6.45, 7) is 1.36. The first-order valence-corrected chi connectivity index (χ1v) is 7.56. The second kappa shape index (κ2) is 6.10. The number of nitrogens with one attached hydrogen (secondary N) is 1. The van der Waals surface area contributed by atoms with Crippen LogP contribution in [0.5, 0.6) is 11.5 Å². The lowest BCUT2D eigenvalue weighted by atomic mass is 10.2. The van der Waals surface area contributed by atoms with Gasteiger partial charge in [-0.1, -0.05) is 30.0 Å². The third-order valence-corrected chi connectivity index (χ3v) is 4.19. The molecule has 1 aliphatic heterocycles. The normalized spacial score (nSPS) is 13.5. The van der Waals surface area contributed by atoms with Gasteiger partial charge in [-0.2, -0.15) is 0 Å². The highest BCUT2D eigenvalue weighted by atomic mass is 32.2. The van der Waals surface area contributed by atoms with Crippen molar-refractivity contribution in [1.29, 1.82) is 5.41 Å². The monoisotopic (exact) mass is 300 g/mol. The Balaban J connectivity index is 1.89. The first kappa shape index (κ1) is 13.8. The zero-order valence-corrected chi connectivity index (χ0v) is 12.3. The Morgan fingerprint density at radius 2 is 1.81 bits per heavy atom. The number of nitrogen functional groups attached to an aromatic ring is 1. The summed E-state index contributed by atoms with van der Waals surface area (Å²) in [5, 5.41) is 7.64. The quantitative estimate of drug-likeness (QED) is 0.674. The van der Waals surface area contributed by atoms with Crippen molar-refractivity contribution in [3.05, 3.63) is 48.0 Å². The topological polar surface area (TPSA) is 68.3 Å². The molecule has 0 bridgehead atoms. The van der Waals surface area contributed by atoms with E-state index in [0.717, 1.165) is 33.3 Å². The second-order valence-electron chi connectivity index (χ2n) is 4.67. The van der Waals surface area contributed by atoms with E-state index >= 15 is 0 Å². The Labute approximate surface area is 127 Å². The predicted molar refractivity (Wildman–Crippen MR) is 83.6 cm³/mol. The van der Waals surface area contributed by atoms with Crippen LogP contribution >= 0.6 is 11.8 Å². The largest absolute Gasteiger partial charge is 0.490 e. The number of amidine groups is 1. The summed E-state index contributed by atoms with van der Waals surface area (Å²) in [7, 11) is 0. The van der Waals surface area contributed by atoms with Crippen LogP contribution < -0.4 is 15.2 Å². The molecule has 0 fully saturated rings. The Morgan fingerprint density at radius 1 is 1.05 bits per heavy atom. The van der Waals surface area contributed by atoms with Crippen LogP contribution in [0.1, 0.15) is 12.0 Å². The van der Waals surface area contributed by atoms with Crippen LogP contribution in [0.25, 0.3) is 0 Å². The Bertz CT molecular complexity index is 673. The number of nitrogens with two attached hydrogens (primary N) is 1. The molecule has 5 heteroatoms. The van der Waals surface area contributed by atoms with Gasteiger partial charge in [-0.3, -0.25) is 5.41 Å². The molecule has 3 N–H and O–H groups in total. The highest BCUT2D eigenvalue weighted by Crippen LogP contribution is 2.37. The highest BCUT2D eigenvalue weighted by Gasteiger charge is 2.12. The third kappa shape index (κ3) is 3.13. The van der Waals surface area contributed by atoms with Crippen LogP contribution in [0.15, 0.2) is 52.3 Å². The van der Waals surface area contributed by atoms with Gasteiger partial charge in [0.1, 0.15) is 5.84 Å². The fraction of sp³-hybridized carbons (Fsp3) is 0.188. The number of hydrogen-bond donors (Lipinski definition) is 2. The minimum atomic E-state index is 0.0763. The van der Waals surface area contributed by atoms with Crippen molar-refractivity contribution in [1.82, 2.24) is 0 Å². The van der Waals surface area contributed by atoms with Crippen LogP contribution in [0.4, 0.5) is 0 Å². The number of rotatable bonds is 3. The van der Waals surface area contributed by atoms with E-state index < -0.39 is 0 Å². The number of benzene rings is 2. The summed E-state index contributed by atoms with van der Waals surface area (Å²) < 4.78 is 11.3. The molecule has 2 aromatic rings. The minimum Gasteiger partial charge on any atom is -0.490 e. The van der Waals surface area contributed by atoms with E-state index in [9.17, 15) is 0 Å². The first-order chi connectivity index (χ1) is 10.2. The van der Waals surface area contributed by atoms with Crippen molar-refractivity contribution in [3.63, 3.8) is 0 Å². The molecule has 0 saturated carbocycles. The summed E-state index contributed by atoms with van der Waals surface area (Å²) >= 11 is 1.57. The van der Waals surface area contributed by atoms with Gasteiger partial charge in [-0.05, 0) is 24.3 Å². The van der Waals surface area contributed by atoms with Crippen molar-refractivity contribution < 1.29 is 9.47 Å². The van der Waals surface area contributed by atoms with Gasteiger partial charge in [0.05, 0.1) is 13.2 Å². The second-order valence-corrected chi connectivity index (χ2v) is 5.79. The molecule has 21 heavy (non-hydrogen) atoms. The van der Waals surface area contributed by atoms with Gasteiger partial charge < -0.3 is 15.2 Å².